The first-order chi connectivity index (χ1) is 6.42. The van der Waals surface area contributed by atoms with E-state index in [2.05, 4.69) is 0 Å². The van der Waals surface area contributed by atoms with Crippen LogP contribution in [-0.2, 0) is 14.3 Å². The average molecular weight is 261 g/mol. The predicted molar refractivity (Wildman–Crippen MR) is 60.7 cm³/mol. The van der Waals surface area contributed by atoms with E-state index in [4.69, 9.17) is 8.74 Å². The summed E-state index contributed by atoms with van der Waals surface area (Å²) < 4.78 is 36.0. The zero-order chi connectivity index (χ0) is 11.0. The number of rotatable bonds is 8. The summed E-state index contributed by atoms with van der Waals surface area (Å²) in [5, 5.41) is 0. The molecule has 0 atom stereocenters. The van der Waals surface area contributed by atoms with Crippen molar-refractivity contribution in [3.63, 3.8) is 0 Å². The summed E-state index contributed by atoms with van der Waals surface area (Å²) in [5.74, 6) is 0.989. The van der Waals surface area contributed by atoms with Crippen molar-refractivity contribution in [1.82, 2.24) is 4.31 Å². The van der Waals surface area contributed by atoms with E-state index in [1.54, 1.807) is 0 Å². The molecule has 1 N–H and O–H groups in total. The Labute approximate surface area is 93.7 Å². The zero-order valence-electron chi connectivity index (χ0n) is 8.17. The number of thioether (sulfide) groups is 1. The molecular formula is C6H15NO4S3. The third kappa shape index (κ3) is 12.5. The van der Waals surface area contributed by atoms with Crippen LogP contribution < -0.4 is 0 Å². The number of hydrogen-bond acceptors (Lipinski definition) is 6. The molecule has 0 saturated carbocycles. The fourth-order valence-corrected chi connectivity index (χ4v) is 2.38. The van der Waals surface area contributed by atoms with Gasteiger partial charge in [0.15, 0.2) is 0 Å². The Morgan fingerprint density at radius 3 is 2.57 bits per heavy atom. The van der Waals surface area contributed by atoms with Gasteiger partial charge in [0.05, 0.1) is 18.0 Å². The maximum Gasteiger partial charge on any atom is 0.264 e. The summed E-state index contributed by atoms with van der Waals surface area (Å²) in [5.41, 5.74) is 0. The maximum atomic E-state index is 10.3. The van der Waals surface area contributed by atoms with Crippen molar-refractivity contribution in [1.29, 1.82) is 0 Å². The normalized spacial score (nSPS) is 12.3. The summed E-state index contributed by atoms with van der Waals surface area (Å²) >= 11 is 2.73. The van der Waals surface area contributed by atoms with Gasteiger partial charge in [-0.05, 0) is 26.3 Å². The molecule has 0 aliphatic carbocycles. The van der Waals surface area contributed by atoms with Crippen LogP contribution in [0.2, 0.25) is 0 Å². The summed E-state index contributed by atoms with van der Waals surface area (Å²) in [7, 11) is -0.0605. The van der Waals surface area contributed by atoms with E-state index in [0.29, 0.717) is 18.1 Å². The first-order valence-electron chi connectivity index (χ1n) is 3.91. The first-order valence-corrected chi connectivity index (χ1v) is 7.38. The molecule has 0 bridgehead atoms. The Hall–Kier alpha value is 0.530. The summed E-state index contributed by atoms with van der Waals surface area (Å²) in [6.07, 6.45) is 0.444. The molecule has 0 saturated heterocycles. The van der Waals surface area contributed by atoms with E-state index >= 15 is 0 Å². The monoisotopic (exact) mass is 261 g/mol. The van der Waals surface area contributed by atoms with Crippen LogP contribution in [0.4, 0.5) is 0 Å². The van der Waals surface area contributed by atoms with Gasteiger partial charge in [0, 0.05) is 0 Å². The van der Waals surface area contributed by atoms with Gasteiger partial charge >= 0.3 is 0 Å². The Kier molecular flexibility index (Phi) is 8.07. The molecule has 5 nitrogen and oxygen atoms in total. The molecule has 0 fully saturated rings. The van der Waals surface area contributed by atoms with E-state index in [-0.39, 0.29) is 5.75 Å². The van der Waals surface area contributed by atoms with Crippen LogP contribution in [0.25, 0.3) is 0 Å². The van der Waals surface area contributed by atoms with Crippen molar-refractivity contribution in [3.05, 3.63) is 0 Å². The van der Waals surface area contributed by atoms with Crippen LogP contribution in [-0.4, -0.2) is 48.8 Å². The van der Waals surface area contributed by atoms with Crippen LogP contribution in [0.3, 0.4) is 0 Å². The Bertz CT molecular complexity index is 229. The lowest BCUT2D eigenvalue weighted by atomic mass is 10.6. The van der Waals surface area contributed by atoms with Gasteiger partial charge in [-0.15, -0.1) is 11.8 Å². The van der Waals surface area contributed by atoms with Crippen molar-refractivity contribution in [2.75, 3.05) is 31.5 Å². The fourth-order valence-electron chi connectivity index (χ4n) is 0.563. The predicted octanol–water partition coefficient (Wildman–Crippen LogP) is 1.10. The summed E-state index contributed by atoms with van der Waals surface area (Å²) in [4.78, 5) is 0. The van der Waals surface area contributed by atoms with Crippen LogP contribution in [0, 0.1) is 0 Å². The third-order valence-corrected chi connectivity index (χ3v) is 3.36. The highest BCUT2D eigenvalue weighted by Gasteiger charge is 2.03. The molecule has 14 heavy (non-hydrogen) atoms. The minimum absolute atomic E-state index is 0.180. The van der Waals surface area contributed by atoms with Gasteiger partial charge in [0.2, 0.25) is 0 Å². The highest BCUT2D eigenvalue weighted by molar-refractivity contribution is 8.00. The molecule has 0 aromatic rings. The van der Waals surface area contributed by atoms with Gasteiger partial charge in [0.25, 0.3) is 10.1 Å². The van der Waals surface area contributed by atoms with Gasteiger partial charge in [-0.3, -0.25) is 8.74 Å². The van der Waals surface area contributed by atoms with E-state index in [9.17, 15) is 8.42 Å². The standard InChI is InChI=1S/C6H15NO4S3/c1-7(2)13-11-6-12-4-3-5-14(8,9)10/h3-6H2,1-2H3,(H,8,9,10). The SMILES string of the molecule is CN(C)SOCSCCCS(=O)(=O)O. The van der Waals surface area contributed by atoms with E-state index in [0.717, 1.165) is 0 Å². The molecule has 0 aliphatic heterocycles. The first kappa shape index (κ1) is 14.5. The molecule has 0 heterocycles. The molecule has 0 aromatic carbocycles. The molecule has 0 rings (SSSR count). The Morgan fingerprint density at radius 2 is 2.07 bits per heavy atom. The van der Waals surface area contributed by atoms with Crippen molar-refractivity contribution >= 4 is 34.1 Å². The number of nitrogens with zero attached hydrogens (tertiary/aromatic N) is 1. The van der Waals surface area contributed by atoms with Crippen LogP contribution in [0.1, 0.15) is 6.42 Å². The van der Waals surface area contributed by atoms with Gasteiger partial charge in [-0.25, -0.2) is 4.31 Å². The van der Waals surface area contributed by atoms with Crippen LogP contribution in [0.5, 0.6) is 0 Å². The van der Waals surface area contributed by atoms with Crippen molar-refractivity contribution in [2.24, 2.45) is 0 Å². The fraction of sp³-hybridized carbons (Fsp3) is 1.00. The smallest absolute Gasteiger partial charge is 0.264 e. The molecular weight excluding hydrogens is 246 g/mol. The minimum Gasteiger partial charge on any atom is -0.290 e. The van der Waals surface area contributed by atoms with E-state index < -0.39 is 10.1 Å². The second-order valence-electron chi connectivity index (χ2n) is 2.67. The molecule has 86 valence electrons. The van der Waals surface area contributed by atoms with Gasteiger partial charge in [-0.2, -0.15) is 8.42 Å². The molecule has 0 aliphatic rings. The highest BCUT2D eigenvalue weighted by atomic mass is 32.2. The molecule has 0 spiro atoms. The number of hydrogen-bond donors (Lipinski definition) is 1. The molecule has 0 aromatic heterocycles. The van der Waals surface area contributed by atoms with Crippen LogP contribution >= 0.6 is 24.0 Å². The maximum absolute atomic E-state index is 10.3. The molecule has 0 radical (unpaired) electrons. The van der Waals surface area contributed by atoms with Gasteiger partial charge < -0.3 is 0 Å². The van der Waals surface area contributed by atoms with Crippen molar-refractivity contribution < 1.29 is 17.2 Å². The topological polar surface area (TPSA) is 66.8 Å². The summed E-state index contributed by atoms with van der Waals surface area (Å²) in [6.45, 7) is 0. The van der Waals surface area contributed by atoms with Gasteiger partial charge in [0.1, 0.15) is 5.94 Å². The Balaban J connectivity index is 3.15. The van der Waals surface area contributed by atoms with Crippen molar-refractivity contribution in [3.8, 4) is 0 Å². The van der Waals surface area contributed by atoms with E-state index in [1.807, 2.05) is 18.4 Å². The highest BCUT2D eigenvalue weighted by Crippen LogP contribution is 2.11. The molecule has 8 heteroatoms. The molecule has 0 amide bonds. The van der Waals surface area contributed by atoms with E-state index in [1.165, 1.54) is 24.0 Å². The van der Waals surface area contributed by atoms with Gasteiger partial charge in [-0.1, -0.05) is 0 Å². The largest absolute Gasteiger partial charge is 0.290 e. The zero-order valence-corrected chi connectivity index (χ0v) is 10.6. The third-order valence-electron chi connectivity index (χ3n) is 1.02. The second-order valence-corrected chi connectivity index (χ2v) is 6.41. The lowest BCUT2D eigenvalue weighted by Gasteiger charge is -2.06. The molecule has 0 unspecified atom stereocenters. The minimum atomic E-state index is -3.80. The Morgan fingerprint density at radius 1 is 1.43 bits per heavy atom. The second kappa shape index (κ2) is 7.77. The average Bonchev–Trinajstić information content (AvgIpc) is 2.00. The van der Waals surface area contributed by atoms with Crippen molar-refractivity contribution in [2.45, 2.75) is 6.42 Å². The van der Waals surface area contributed by atoms with Crippen LogP contribution in [0.15, 0.2) is 0 Å². The lowest BCUT2D eigenvalue weighted by Crippen LogP contribution is -2.05. The lowest BCUT2D eigenvalue weighted by molar-refractivity contribution is 0.435. The quantitative estimate of drug-likeness (QED) is 0.231. The summed E-state index contributed by atoms with van der Waals surface area (Å²) in [6, 6.07) is 0.